The van der Waals surface area contributed by atoms with E-state index in [9.17, 15) is 9.59 Å². The van der Waals surface area contributed by atoms with Crippen LogP contribution in [0.5, 0.6) is 0 Å². The van der Waals surface area contributed by atoms with Crippen LogP contribution in [0.1, 0.15) is 39.0 Å². The lowest BCUT2D eigenvalue weighted by Crippen LogP contribution is -2.52. The second kappa shape index (κ2) is 5.57. The Morgan fingerprint density at radius 1 is 1.37 bits per heavy atom. The number of carbonyl (C=O) groups is 1. The fourth-order valence-electron chi connectivity index (χ4n) is 2.52. The summed E-state index contributed by atoms with van der Waals surface area (Å²) in [6.45, 7) is 2.47. The van der Waals surface area contributed by atoms with Gasteiger partial charge in [-0.1, -0.05) is 19.3 Å². The maximum absolute atomic E-state index is 12.3. The summed E-state index contributed by atoms with van der Waals surface area (Å²) < 4.78 is 1.56. The molecule has 5 nitrogen and oxygen atoms in total. The van der Waals surface area contributed by atoms with Crippen molar-refractivity contribution in [1.82, 2.24) is 4.57 Å². The molecule has 0 spiro atoms. The van der Waals surface area contributed by atoms with Crippen molar-refractivity contribution >= 4 is 11.6 Å². The van der Waals surface area contributed by atoms with E-state index < -0.39 is 5.54 Å². The van der Waals surface area contributed by atoms with Gasteiger partial charge in [0.15, 0.2) is 0 Å². The third-order valence-electron chi connectivity index (χ3n) is 3.78. The van der Waals surface area contributed by atoms with E-state index in [1.54, 1.807) is 16.8 Å². The third-order valence-corrected chi connectivity index (χ3v) is 3.78. The van der Waals surface area contributed by atoms with Gasteiger partial charge in [-0.3, -0.25) is 9.59 Å². The molecule has 3 N–H and O–H groups in total. The van der Waals surface area contributed by atoms with Crippen LogP contribution < -0.4 is 16.6 Å². The first-order valence-corrected chi connectivity index (χ1v) is 6.86. The van der Waals surface area contributed by atoms with E-state index in [1.807, 2.05) is 6.92 Å². The first kappa shape index (κ1) is 13.8. The number of nitrogens with two attached hydrogens (primary N) is 1. The number of aryl methyl sites for hydroxylation is 1. The number of anilines is 1. The van der Waals surface area contributed by atoms with E-state index in [4.69, 9.17) is 5.73 Å². The molecule has 0 radical (unpaired) electrons. The lowest BCUT2D eigenvalue weighted by Gasteiger charge is -2.31. The van der Waals surface area contributed by atoms with Gasteiger partial charge >= 0.3 is 0 Å². The largest absolute Gasteiger partial charge is 0.323 e. The quantitative estimate of drug-likeness (QED) is 0.867. The molecule has 1 aromatic heterocycles. The zero-order valence-electron chi connectivity index (χ0n) is 11.3. The number of hydrogen-bond acceptors (Lipinski definition) is 3. The van der Waals surface area contributed by atoms with Gasteiger partial charge in [0.2, 0.25) is 5.91 Å². The maximum Gasteiger partial charge on any atom is 0.250 e. The lowest BCUT2D eigenvalue weighted by molar-refractivity contribution is -0.122. The summed E-state index contributed by atoms with van der Waals surface area (Å²) in [5, 5.41) is 2.83. The van der Waals surface area contributed by atoms with Crippen molar-refractivity contribution in [2.45, 2.75) is 51.1 Å². The molecule has 1 aromatic rings. The zero-order valence-corrected chi connectivity index (χ0v) is 11.3. The average Bonchev–Trinajstić information content (AvgIpc) is 2.41. The number of pyridine rings is 1. The predicted octanol–water partition coefficient (Wildman–Crippen LogP) is 1.47. The van der Waals surface area contributed by atoms with E-state index in [1.165, 1.54) is 6.07 Å². The number of nitrogens with one attached hydrogen (secondary N) is 1. The van der Waals surface area contributed by atoms with Crippen LogP contribution >= 0.6 is 0 Å². The monoisotopic (exact) mass is 263 g/mol. The van der Waals surface area contributed by atoms with Crippen molar-refractivity contribution in [1.29, 1.82) is 0 Å². The molecule has 0 saturated heterocycles. The molecule has 1 aliphatic rings. The van der Waals surface area contributed by atoms with Crippen molar-refractivity contribution in [2.75, 3.05) is 5.32 Å². The van der Waals surface area contributed by atoms with Crippen LogP contribution in [0.15, 0.2) is 23.1 Å². The Morgan fingerprint density at radius 2 is 2.05 bits per heavy atom. The van der Waals surface area contributed by atoms with Crippen molar-refractivity contribution < 1.29 is 4.79 Å². The van der Waals surface area contributed by atoms with Crippen molar-refractivity contribution in [3.8, 4) is 0 Å². The van der Waals surface area contributed by atoms with Crippen LogP contribution in [0.4, 0.5) is 5.69 Å². The molecule has 1 fully saturated rings. The van der Waals surface area contributed by atoms with E-state index in [-0.39, 0.29) is 11.5 Å². The summed E-state index contributed by atoms with van der Waals surface area (Å²) in [5.41, 5.74) is 5.97. The summed E-state index contributed by atoms with van der Waals surface area (Å²) in [4.78, 5) is 23.7. The highest BCUT2D eigenvalue weighted by molar-refractivity contribution is 5.97. The molecule has 1 saturated carbocycles. The number of carbonyl (C=O) groups excluding carboxylic acids is 1. The summed E-state index contributed by atoms with van der Waals surface area (Å²) in [6, 6.07) is 3.09. The highest BCUT2D eigenvalue weighted by atomic mass is 16.2. The molecule has 19 heavy (non-hydrogen) atoms. The maximum atomic E-state index is 12.3. The smallest absolute Gasteiger partial charge is 0.250 e. The normalized spacial score (nSPS) is 18.0. The van der Waals surface area contributed by atoms with E-state index in [0.29, 0.717) is 12.2 Å². The first-order valence-electron chi connectivity index (χ1n) is 6.86. The predicted molar refractivity (Wildman–Crippen MR) is 75.0 cm³/mol. The zero-order chi connectivity index (χ0) is 13.9. The Kier molecular flexibility index (Phi) is 4.04. The highest BCUT2D eigenvalue weighted by Crippen LogP contribution is 2.27. The Balaban J connectivity index is 2.12. The van der Waals surface area contributed by atoms with Gasteiger partial charge in [-0.15, -0.1) is 0 Å². The Labute approximate surface area is 112 Å². The summed E-state index contributed by atoms with van der Waals surface area (Å²) in [6.07, 6.45) is 6.26. The molecule has 0 aliphatic heterocycles. The molecule has 1 amide bonds. The van der Waals surface area contributed by atoms with Gasteiger partial charge in [0.05, 0.1) is 11.2 Å². The van der Waals surface area contributed by atoms with Crippen molar-refractivity contribution in [3.63, 3.8) is 0 Å². The van der Waals surface area contributed by atoms with E-state index in [0.717, 1.165) is 32.1 Å². The van der Waals surface area contributed by atoms with Crippen LogP contribution in [0.3, 0.4) is 0 Å². The fraction of sp³-hybridized carbons (Fsp3) is 0.571. The van der Waals surface area contributed by atoms with Crippen LogP contribution in [0.25, 0.3) is 0 Å². The van der Waals surface area contributed by atoms with Crippen LogP contribution in [-0.4, -0.2) is 16.0 Å². The lowest BCUT2D eigenvalue weighted by atomic mass is 9.82. The standard InChI is InChI=1S/C14H21N3O2/c1-2-17-10-11(6-7-12(17)18)16-13(19)14(15)8-4-3-5-9-14/h6-7,10H,2-5,8-9,15H2,1H3,(H,16,19). The van der Waals surface area contributed by atoms with Gasteiger partial charge in [-0.25, -0.2) is 0 Å². The molecule has 5 heteroatoms. The van der Waals surface area contributed by atoms with E-state index in [2.05, 4.69) is 5.32 Å². The summed E-state index contributed by atoms with van der Waals surface area (Å²) in [7, 11) is 0. The Morgan fingerprint density at radius 3 is 2.68 bits per heavy atom. The molecule has 104 valence electrons. The number of aromatic nitrogens is 1. The second-order valence-corrected chi connectivity index (χ2v) is 5.21. The molecular weight excluding hydrogens is 242 g/mol. The van der Waals surface area contributed by atoms with Gasteiger partial charge in [0.1, 0.15) is 0 Å². The minimum absolute atomic E-state index is 0.0689. The molecule has 2 rings (SSSR count). The number of amides is 1. The first-order chi connectivity index (χ1) is 9.05. The van der Waals surface area contributed by atoms with Gasteiger partial charge in [-0.05, 0) is 25.8 Å². The Bertz CT molecular complexity index is 516. The van der Waals surface area contributed by atoms with Gasteiger partial charge in [0.25, 0.3) is 5.56 Å². The minimum Gasteiger partial charge on any atom is -0.323 e. The topological polar surface area (TPSA) is 77.1 Å². The fourth-order valence-corrected chi connectivity index (χ4v) is 2.52. The van der Waals surface area contributed by atoms with Crippen LogP contribution in [0, 0.1) is 0 Å². The number of nitrogens with zero attached hydrogens (tertiary/aromatic N) is 1. The molecule has 1 aliphatic carbocycles. The third kappa shape index (κ3) is 3.04. The molecule has 1 heterocycles. The van der Waals surface area contributed by atoms with Crippen LogP contribution in [-0.2, 0) is 11.3 Å². The summed E-state index contributed by atoms with van der Waals surface area (Å²) in [5.74, 6) is -0.145. The SMILES string of the molecule is CCn1cc(NC(=O)C2(N)CCCCC2)ccc1=O. The van der Waals surface area contributed by atoms with Gasteiger partial charge in [0, 0.05) is 18.8 Å². The second-order valence-electron chi connectivity index (χ2n) is 5.21. The summed E-state index contributed by atoms with van der Waals surface area (Å²) >= 11 is 0. The van der Waals surface area contributed by atoms with Crippen LogP contribution in [0.2, 0.25) is 0 Å². The Hall–Kier alpha value is -1.62. The average molecular weight is 263 g/mol. The van der Waals surface area contributed by atoms with Crippen molar-refractivity contribution in [2.24, 2.45) is 5.73 Å². The highest BCUT2D eigenvalue weighted by Gasteiger charge is 2.35. The molecule has 0 bridgehead atoms. The van der Waals surface area contributed by atoms with Gasteiger partial charge in [-0.2, -0.15) is 0 Å². The molecule has 0 aromatic carbocycles. The van der Waals surface area contributed by atoms with Gasteiger partial charge < -0.3 is 15.6 Å². The van der Waals surface area contributed by atoms with Crippen molar-refractivity contribution in [3.05, 3.63) is 28.7 Å². The van der Waals surface area contributed by atoms with E-state index >= 15 is 0 Å². The molecule has 0 atom stereocenters. The molecular formula is C14H21N3O2. The molecule has 0 unspecified atom stereocenters. The minimum atomic E-state index is -0.759. The number of rotatable bonds is 3. The number of hydrogen-bond donors (Lipinski definition) is 2.